The van der Waals surface area contributed by atoms with E-state index in [1.807, 2.05) is 17.0 Å². The smallest absolute Gasteiger partial charge is 0.255 e. The van der Waals surface area contributed by atoms with Crippen LogP contribution in [0.1, 0.15) is 22.8 Å². The van der Waals surface area contributed by atoms with E-state index in [1.54, 1.807) is 25.4 Å². The SMILES string of the molecule is C[C@@H](NC(=O)c1ccoc1)C(=O)N1CCN(Cc2ccncc2)CC1. The van der Waals surface area contributed by atoms with Gasteiger partial charge < -0.3 is 14.6 Å². The second-order valence-corrected chi connectivity index (χ2v) is 6.16. The fraction of sp³-hybridized carbons (Fsp3) is 0.389. The van der Waals surface area contributed by atoms with Gasteiger partial charge in [-0.3, -0.25) is 19.5 Å². The fourth-order valence-corrected chi connectivity index (χ4v) is 2.88. The fourth-order valence-electron chi connectivity index (χ4n) is 2.88. The second kappa shape index (κ2) is 7.94. The number of piperazine rings is 1. The molecule has 7 nitrogen and oxygen atoms in total. The van der Waals surface area contributed by atoms with E-state index in [1.165, 1.54) is 18.1 Å². The molecule has 132 valence electrons. The van der Waals surface area contributed by atoms with E-state index in [4.69, 9.17) is 4.42 Å². The van der Waals surface area contributed by atoms with Gasteiger partial charge >= 0.3 is 0 Å². The first-order chi connectivity index (χ1) is 12.1. The predicted octanol–water partition coefficient (Wildman–Crippen LogP) is 1.14. The van der Waals surface area contributed by atoms with Gasteiger partial charge in [0.15, 0.2) is 0 Å². The van der Waals surface area contributed by atoms with Gasteiger partial charge in [-0.15, -0.1) is 0 Å². The summed E-state index contributed by atoms with van der Waals surface area (Å²) in [7, 11) is 0. The molecule has 3 rings (SSSR count). The number of hydrogen-bond acceptors (Lipinski definition) is 5. The van der Waals surface area contributed by atoms with Crippen LogP contribution in [-0.2, 0) is 11.3 Å². The van der Waals surface area contributed by atoms with Gasteiger partial charge in [0.2, 0.25) is 5.91 Å². The van der Waals surface area contributed by atoms with E-state index >= 15 is 0 Å². The first-order valence-electron chi connectivity index (χ1n) is 8.36. The zero-order valence-electron chi connectivity index (χ0n) is 14.2. The van der Waals surface area contributed by atoms with E-state index < -0.39 is 6.04 Å². The van der Waals surface area contributed by atoms with Crippen LogP contribution in [0.5, 0.6) is 0 Å². The summed E-state index contributed by atoms with van der Waals surface area (Å²) in [5.41, 5.74) is 1.64. The van der Waals surface area contributed by atoms with Gasteiger partial charge in [-0.05, 0) is 30.7 Å². The first-order valence-corrected chi connectivity index (χ1v) is 8.36. The lowest BCUT2D eigenvalue weighted by molar-refractivity contribution is -0.134. The second-order valence-electron chi connectivity index (χ2n) is 6.16. The summed E-state index contributed by atoms with van der Waals surface area (Å²) >= 11 is 0. The molecule has 0 bridgehead atoms. The number of carbonyl (C=O) groups excluding carboxylic acids is 2. The van der Waals surface area contributed by atoms with Gasteiger partial charge in [0, 0.05) is 45.1 Å². The van der Waals surface area contributed by atoms with Crippen molar-refractivity contribution in [3.05, 3.63) is 54.2 Å². The Hall–Kier alpha value is -2.67. The monoisotopic (exact) mass is 342 g/mol. The Bertz CT molecular complexity index is 694. The maximum Gasteiger partial charge on any atom is 0.255 e. The summed E-state index contributed by atoms with van der Waals surface area (Å²) in [4.78, 5) is 32.7. The first kappa shape index (κ1) is 17.2. The molecule has 1 atom stereocenters. The van der Waals surface area contributed by atoms with Crippen LogP contribution in [0, 0.1) is 0 Å². The van der Waals surface area contributed by atoms with E-state index in [0.717, 1.165) is 19.6 Å². The standard InChI is InChI=1S/C18H22N4O3/c1-14(20-17(23)16-4-11-25-13-16)18(24)22-9-7-21(8-10-22)12-15-2-5-19-6-3-15/h2-6,11,13-14H,7-10,12H2,1H3,(H,20,23)/t14-/m1/s1. The number of amides is 2. The quantitative estimate of drug-likeness (QED) is 0.881. The van der Waals surface area contributed by atoms with Crippen molar-refractivity contribution in [2.75, 3.05) is 26.2 Å². The van der Waals surface area contributed by atoms with E-state index in [0.29, 0.717) is 18.7 Å². The summed E-state index contributed by atoms with van der Waals surface area (Å²) in [6.07, 6.45) is 6.38. The van der Waals surface area contributed by atoms with Crippen molar-refractivity contribution >= 4 is 11.8 Å². The highest BCUT2D eigenvalue weighted by molar-refractivity contribution is 5.97. The molecule has 0 unspecified atom stereocenters. The third-order valence-corrected chi connectivity index (χ3v) is 4.34. The number of aromatic nitrogens is 1. The number of furan rings is 1. The zero-order valence-corrected chi connectivity index (χ0v) is 14.2. The summed E-state index contributed by atoms with van der Waals surface area (Å²) in [6, 6.07) is 5.02. The molecule has 1 saturated heterocycles. The van der Waals surface area contributed by atoms with Crippen LogP contribution in [0.2, 0.25) is 0 Å². The Morgan fingerprint density at radius 3 is 2.56 bits per heavy atom. The van der Waals surface area contributed by atoms with Crippen molar-refractivity contribution in [1.82, 2.24) is 20.1 Å². The number of hydrogen-bond donors (Lipinski definition) is 1. The lowest BCUT2D eigenvalue weighted by atomic mass is 10.2. The maximum absolute atomic E-state index is 12.5. The molecule has 2 aromatic heterocycles. The third kappa shape index (κ3) is 4.45. The topological polar surface area (TPSA) is 78.7 Å². The molecule has 1 fully saturated rings. The normalized spacial score (nSPS) is 16.4. The van der Waals surface area contributed by atoms with Gasteiger partial charge in [-0.1, -0.05) is 0 Å². The Labute approximate surface area is 146 Å². The van der Waals surface area contributed by atoms with Crippen LogP contribution < -0.4 is 5.32 Å². The zero-order chi connectivity index (χ0) is 17.6. The molecule has 7 heteroatoms. The molecule has 0 aromatic carbocycles. The van der Waals surface area contributed by atoms with Crippen molar-refractivity contribution in [3.8, 4) is 0 Å². The van der Waals surface area contributed by atoms with Crippen LogP contribution in [0.3, 0.4) is 0 Å². The van der Waals surface area contributed by atoms with Gasteiger partial charge in [-0.25, -0.2) is 0 Å². The molecule has 0 saturated carbocycles. The minimum Gasteiger partial charge on any atom is -0.472 e. The Balaban J connectivity index is 1.47. The van der Waals surface area contributed by atoms with Crippen molar-refractivity contribution in [1.29, 1.82) is 0 Å². The van der Waals surface area contributed by atoms with Gasteiger partial charge in [0.25, 0.3) is 5.91 Å². The highest BCUT2D eigenvalue weighted by atomic mass is 16.3. The van der Waals surface area contributed by atoms with Crippen molar-refractivity contribution in [2.45, 2.75) is 19.5 Å². The summed E-state index contributed by atoms with van der Waals surface area (Å²) in [5, 5.41) is 2.72. The number of nitrogens with one attached hydrogen (secondary N) is 1. The number of pyridine rings is 1. The molecule has 25 heavy (non-hydrogen) atoms. The Morgan fingerprint density at radius 2 is 1.92 bits per heavy atom. The lowest BCUT2D eigenvalue weighted by Crippen LogP contribution is -2.53. The van der Waals surface area contributed by atoms with Crippen LogP contribution in [0.15, 0.2) is 47.5 Å². The molecule has 1 aliphatic heterocycles. The van der Waals surface area contributed by atoms with Gasteiger partial charge in [-0.2, -0.15) is 0 Å². The molecule has 2 aromatic rings. The van der Waals surface area contributed by atoms with E-state index in [9.17, 15) is 9.59 Å². The Morgan fingerprint density at radius 1 is 1.20 bits per heavy atom. The van der Waals surface area contributed by atoms with Crippen LogP contribution >= 0.6 is 0 Å². The highest BCUT2D eigenvalue weighted by Gasteiger charge is 2.26. The van der Waals surface area contributed by atoms with Gasteiger partial charge in [0.1, 0.15) is 12.3 Å². The van der Waals surface area contributed by atoms with E-state index in [-0.39, 0.29) is 11.8 Å². The molecule has 0 aliphatic carbocycles. The summed E-state index contributed by atoms with van der Waals surface area (Å²) < 4.78 is 4.89. The Kier molecular flexibility index (Phi) is 5.45. The maximum atomic E-state index is 12.5. The molecule has 1 N–H and O–H groups in total. The number of carbonyl (C=O) groups is 2. The molecule has 0 spiro atoms. The minimum absolute atomic E-state index is 0.0552. The van der Waals surface area contributed by atoms with E-state index in [2.05, 4.69) is 15.2 Å². The van der Waals surface area contributed by atoms with Crippen molar-refractivity contribution in [2.24, 2.45) is 0 Å². The molecule has 3 heterocycles. The average molecular weight is 342 g/mol. The molecular weight excluding hydrogens is 320 g/mol. The number of rotatable bonds is 5. The summed E-state index contributed by atoms with van der Waals surface area (Å²) in [5.74, 6) is -0.355. The number of nitrogens with zero attached hydrogens (tertiary/aromatic N) is 3. The van der Waals surface area contributed by atoms with Gasteiger partial charge in [0.05, 0.1) is 11.8 Å². The molecule has 0 radical (unpaired) electrons. The molecule has 2 amide bonds. The highest BCUT2D eigenvalue weighted by Crippen LogP contribution is 2.09. The predicted molar refractivity (Wildman–Crippen MR) is 91.7 cm³/mol. The summed E-state index contributed by atoms with van der Waals surface area (Å²) in [6.45, 7) is 5.53. The van der Waals surface area contributed by atoms with Crippen molar-refractivity contribution < 1.29 is 14.0 Å². The minimum atomic E-state index is -0.561. The van der Waals surface area contributed by atoms with Crippen LogP contribution in [0.4, 0.5) is 0 Å². The lowest BCUT2D eigenvalue weighted by Gasteiger charge is -2.36. The molecular formula is C18H22N4O3. The van der Waals surface area contributed by atoms with Crippen LogP contribution in [-0.4, -0.2) is 58.8 Å². The largest absolute Gasteiger partial charge is 0.472 e. The molecule has 1 aliphatic rings. The van der Waals surface area contributed by atoms with Crippen LogP contribution in [0.25, 0.3) is 0 Å². The average Bonchev–Trinajstić information content (AvgIpc) is 3.17. The van der Waals surface area contributed by atoms with Crippen molar-refractivity contribution in [3.63, 3.8) is 0 Å². The third-order valence-electron chi connectivity index (χ3n) is 4.34.